The number of hydrogen-bond donors (Lipinski definition) is 2. The quantitative estimate of drug-likeness (QED) is 0.862. The van der Waals surface area contributed by atoms with Gasteiger partial charge in [-0.2, -0.15) is 0 Å². The first-order chi connectivity index (χ1) is 8.52. The molecule has 1 aliphatic rings. The molecule has 2 rings (SSSR count). The fraction of sp³-hybridized carbons (Fsp3) is 0.714. The van der Waals surface area contributed by atoms with Crippen molar-refractivity contribution < 1.29 is 0 Å². The van der Waals surface area contributed by atoms with Gasteiger partial charge in [0.05, 0.1) is 0 Å². The maximum absolute atomic E-state index is 4.36. The molecule has 1 fully saturated rings. The molecule has 4 heteroatoms. The average Bonchev–Trinajstić information content (AvgIpc) is 2.34. The molecule has 1 aliphatic carbocycles. The number of rotatable bonds is 3. The molecule has 2 N–H and O–H groups in total. The van der Waals surface area contributed by atoms with Crippen molar-refractivity contribution in [2.45, 2.75) is 52.5 Å². The first-order valence-corrected chi connectivity index (χ1v) is 6.78. The summed E-state index contributed by atoms with van der Waals surface area (Å²) in [5.74, 6) is 1.88. The number of nitrogens with zero attached hydrogens (tertiary/aromatic N) is 2. The lowest BCUT2D eigenvalue weighted by Crippen LogP contribution is -2.30. The Hall–Kier alpha value is -1.32. The van der Waals surface area contributed by atoms with Gasteiger partial charge in [0.15, 0.2) is 0 Å². The van der Waals surface area contributed by atoms with Crippen molar-refractivity contribution in [2.24, 2.45) is 5.41 Å². The average molecular weight is 248 g/mol. The van der Waals surface area contributed by atoms with E-state index < -0.39 is 0 Å². The molecule has 1 aromatic rings. The molecule has 1 heterocycles. The van der Waals surface area contributed by atoms with Gasteiger partial charge in [-0.25, -0.2) is 9.97 Å². The Balaban J connectivity index is 2.02. The summed E-state index contributed by atoms with van der Waals surface area (Å²) in [5, 5.41) is 6.67. The van der Waals surface area contributed by atoms with E-state index in [-0.39, 0.29) is 0 Å². The molecule has 18 heavy (non-hydrogen) atoms. The molecular weight excluding hydrogens is 224 g/mol. The van der Waals surface area contributed by atoms with Crippen LogP contribution in [0.25, 0.3) is 0 Å². The van der Waals surface area contributed by atoms with Crippen molar-refractivity contribution >= 4 is 11.6 Å². The molecule has 100 valence electrons. The van der Waals surface area contributed by atoms with Crippen LogP contribution in [0.1, 0.15) is 45.1 Å². The SMILES string of the molecule is CNc1ncnc(NC2CCC(C)(C)CC2)c1C. The first-order valence-electron chi connectivity index (χ1n) is 6.78. The van der Waals surface area contributed by atoms with Gasteiger partial charge >= 0.3 is 0 Å². The number of aromatic nitrogens is 2. The van der Waals surface area contributed by atoms with Gasteiger partial charge < -0.3 is 10.6 Å². The molecule has 0 radical (unpaired) electrons. The summed E-state index contributed by atoms with van der Waals surface area (Å²) < 4.78 is 0. The molecule has 0 aromatic carbocycles. The summed E-state index contributed by atoms with van der Waals surface area (Å²) in [5.41, 5.74) is 1.61. The van der Waals surface area contributed by atoms with Crippen LogP contribution in [0.2, 0.25) is 0 Å². The lowest BCUT2D eigenvalue weighted by atomic mass is 9.75. The second-order valence-electron chi connectivity index (χ2n) is 6.03. The Labute approximate surface area is 110 Å². The van der Waals surface area contributed by atoms with Crippen LogP contribution in [0.15, 0.2) is 6.33 Å². The van der Waals surface area contributed by atoms with E-state index in [1.165, 1.54) is 25.7 Å². The summed E-state index contributed by atoms with van der Waals surface area (Å²) >= 11 is 0. The van der Waals surface area contributed by atoms with Crippen LogP contribution in [-0.4, -0.2) is 23.1 Å². The number of anilines is 2. The van der Waals surface area contributed by atoms with Crippen molar-refractivity contribution in [1.82, 2.24) is 9.97 Å². The predicted octanol–water partition coefficient (Wildman–Crippen LogP) is 3.21. The van der Waals surface area contributed by atoms with E-state index in [1.54, 1.807) is 6.33 Å². The zero-order valence-corrected chi connectivity index (χ0v) is 11.9. The van der Waals surface area contributed by atoms with Gasteiger partial charge in [0.2, 0.25) is 0 Å². The second-order valence-corrected chi connectivity index (χ2v) is 6.03. The number of hydrogen-bond acceptors (Lipinski definition) is 4. The highest BCUT2D eigenvalue weighted by atomic mass is 15.1. The lowest BCUT2D eigenvalue weighted by Gasteiger charge is -2.35. The molecule has 0 atom stereocenters. The van der Waals surface area contributed by atoms with Crippen LogP contribution in [0.5, 0.6) is 0 Å². The summed E-state index contributed by atoms with van der Waals surface area (Å²) in [6, 6.07) is 0.552. The van der Waals surface area contributed by atoms with E-state index >= 15 is 0 Å². The largest absolute Gasteiger partial charge is 0.373 e. The number of nitrogens with one attached hydrogen (secondary N) is 2. The molecule has 1 aromatic heterocycles. The minimum absolute atomic E-state index is 0.509. The van der Waals surface area contributed by atoms with E-state index in [2.05, 4.69) is 41.4 Å². The third-order valence-electron chi connectivity index (χ3n) is 4.00. The van der Waals surface area contributed by atoms with Crippen LogP contribution in [0.3, 0.4) is 0 Å². The molecule has 0 aliphatic heterocycles. The standard InChI is InChI=1S/C14H24N4/c1-10-12(15-4)16-9-17-13(10)18-11-5-7-14(2,3)8-6-11/h9,11H,5-8H2,1-4H3,(H2,15,16,17,18). The molecule has 0 spiro atoms. The van der Waals surface area contributed by atoms with Crippen molar-refractivity contribution in [3.05, 3.63) is 11.9 Å². The van der Waals surface area contributed by atoms with E-state index in [1.807, 2.05) is 7.05 Å². The molecule has 0 unspecified atom stereocenters. The minimum atomic E-state index is 0.509. The lowest BCUT2D eigenvalue weighted by molar-refractivity contribution is 0.232. The van der Waals surface area contributed by atoms with Crippen LogP contribution < -0.4 is 10.6 Å². The molecule has 0 bridgehead atoms. The normalized spacial score (nSPS) is 19.6. The summed E-state index contributed by atoms with van der Waals surface area (Å²) in [6.45, 7) is 6.78. The Bertz CT molecular complexity index is 404. The highest BCUT2D eigenvalue weighted by Gasteiger charge is 2.27. The monoisotopic (exact) mass is 248 g/mol. The van der Waals surface area contributed by atoms with E-state index in [4.69, 9.17) is 0 Å². The topological polar surface area (TPSA) is 49.8 Å². The molecular formula is C14H24N4. The van der Waals surface area contributed by atoms with Crippen LogP contribution in [-0.2, 0) is 0 Å². The molecule has 0 saturated heterocycles. The summed E-state index contributed by atoms with van der Waals surface area (Å²) in [7, 11) is 1.89. The van der Waals surface area contributed by atoms with Crippen molar-refractivity contribution in [2.75, 3.05) is 17.7 Å². The van der Waals surface area contributed by atoms with Crippen molar-refractivity contribution in [1.29, 1.82) is 0 Å². The molecule has 0 amide bonds. The minimum Gasteiger partial charge on any atom is -0.373 e. The predicted molar refractivity (Wildman–Crippen MR) is 76.0 cm³/mol. The van der Waals surface area contributed by atoms with Crippen LogP contribution in [0, 0.1) is 12.3 Å². The summed E-state index contributed by atoms with van der Waals surface area (Å²) in [6.07, 6.45) is 6.64. The molecule has 1 saturated carbocycles. The third kappa shape index (κ3) is 2.92. The van der Waals surface area contributed by atoms with Gasteiger partial charge in [0.1, 0.15) is 18.0 Å². The van der Waals surface area contributed by atoms with E-state index in [9.17, 15) is 0 Å². The highest BCUT2D eigenvalue weighted by molar-refractivity contribution is 5.56. The fourth-order valence-electron chi connectivity index (χ4n) is 2.58. The van der Waals surface area contributed by atoms with Crippen LogP contribution >= 0.6 is 0 Å². The highest BCUT2D eigenvalue weighted by Crippen LogP contribution is 2.36. The van der Waals surface area contributed by atoms with Gasteiger partial charge in [-0.3, -0.25) is 0 Å². The second kappa shape index (κ2) is 5.12. The van der Waals surface area contributed by atoms with Crippen molar-refractivity contribution in [3.63, 3.8) is 0 Å². The Morgan fingerprint density at radius 2 is 1.78 bits per heavy atom. The van der Waals surface area contributed by atoms with Crippen LogP contribution in [0.4, 0.5) is 11.6 Å². The Morgan fingerprint density at radius 1 is 1.17 bits per heavy atom. The zero-order valence-electron chi connectivity index (χ0n) is 11.9. The van der Waals surface area contributed by atoms with E-state index in [0.717, 1.165) is 17.2 Å². The van der Waals surface area contributed by atoms with Gasteiger partial charge in [0, 0.05) is 18.7 Å². The maximum atomic E-state index is 4.36. The first kappa shape index (κ1) is 13.1. The van der Waals surface area contributed by atoms with E-state index in [0.29, 0.717) is 11.5 Å². The van der Waals surface area contributed by atoms with Gasteiger partial charge in [-0.05, 0) is 38.0 Å². The van der Waals surface area contributed by atoms with Gasteiger partial charge in [-0.1, -0.05) is 13.8 Å². The molecule has 4 nitrogen and oxygen atoms in total. The zero-order chi connectivity index (χ0) is 13.2. The summed E-state index contributed by atoms with van der Waals surface area (Å²) in [4.78, 5) is 8.57. The smallest absolute Gasteiger partial charge is 0.134 e. The van der Waals surface area contributed by atoms with Gasteiger partial charge in [0.25, 0.3) is 0 Å². The fourth-order valence-corrected chi connectivity index (χ4v) is 2.58. The maximum Gasteiger partial charge on any atom is 0.134 e. The third-order valence-corrected chi connectivity index (χ3v) is 4.00. The van der Waals surface area contributed by atoms with Crippen molar-refractivity contribution in [3.8, 4) is 0 Å². The Kier molecular flexibility index (Phi) is 3.73. The Morgan fingerprint density at radius 3 is 2.39 bits per heavy atom. The van der Waals surface area contributed by atoms with Gasteiger partial charge in [-0.15, -0.1) is 0 Å².